The van der Waals surface area contributed by atoms with Crippen LogP contribution in [0.2, 0.25) is 0 Å². The van der Waals surface area contributed by atoms with Crippen molar-refractivity contribution in [3.8, 4) is 44.5 Å². The molecule has 0 atom stereocenters. The first kappa shape index (κ1) is 36.6. The van der Waals surface area contributed by atoms with Crippen molar-refractivity contribution in [1.29, 1.82) is 0 Å². The molecule has 0 fully saturated rings. The molecule has 1 heteroatoms. The average molecular weight is 794 g/mol. The van der Waals surface area contributed by atoms with Gasteiger partial charge in [0.05, 0.1) is 5.41 Å². The number of benzene rings is 9. The summed E-state index contributed by atoms with van der Waals surface area (Å²) in [6, 6.07) is 79.6. The summed E-state index contributed by atoms with van der Waals surface area (Å²) in [5, 5.41) is 0. The highest BCUT2D eigenvalue weighted by Gasteiger charge is 2.46. The second-order valence-corrected chi connectivity index (χ2v) is 18.4. The molecule has 0 heterocycles. The fraction of sp³-hybridized carbons (Fsp3) is 0.115. The van der Waals surface area contributed by atoms with Gasteiger partial charge < -0.3 is 4.90 Å². The lowest BCUT2D eigenvalue weighted by Crippen LogP contribution is -2.28. The van der Waals surface area contributed by atoms with E-state index < -0.39 is 5.41 Å². The number of anilines is 3. The second-order valence-electron chi connectivity index (χ2n) is 18.4. The van der Waals surface area contributed by atoms with Crippen LogP contribution in [0.5, 0.6) is 0 Å². The molecule has 0 N–H and O–H groups in total. The van der Waals surface area contributed by atoms with Gasteiger partial charge in [-0.1, -0.05) is 204 Å². The average Bonchev–Trinajstić information content (AvgIpc) is 3.85. The number of fused-ring (bicyclic) bond motifs is 9. The Hall–Kier alpha value is -7.22. The zero-order valence-corrected chi connectivity index (χ0v) is 35.7. The van der Waals surface area contributed by atoms with Crippen LogP contribution in [0.25, 0.3) is 44.5 Å². The second kappa shape index (κ2) is 13.4. The quantitative estimate of drug-likeness (QED) is 0.162. The molecule has 0 unspecified atom stereocenters. The summed E-state index contributed by atoms with van der Waals surface area (Å²) >= 11 is 0. The Morgan fingerprint density at radius 2 is 0.742 bits per heavy atom. The SMILES string of the molecule is CC1(C)c2ccccc2-c2ccc(N(c3ccc(C4(c5ccccc5)c5ccccc5-c5ccccc54)cc3)c3ccc4c(c3)-c3c(-c5ccccc5)cccc3C4(C)C)cc21. The van der Waals surface area contributed by atoms with E-state index in [2.05, 4.69) is 245 Å². The zero-order valence-electron chi connectivity index (χ0n) is 35.7. The molecular weight excluding hydrogens is 747 g/mol. The Bertz CT molecular complexity index is 3180. The van der Waals surface area contributed by atoms with E-state index in [-0.39, 0.29) is 10.8 Å². The van der Waals surface area contributed by atoms with E-state index in [9.17, 15) is 0 Å². The first-order chi connectivity index (χ1) is 30.3. The molecule has 3 aliphatic carbocycles. The number of rotatable bonds is 6. The van der Waals surface area contributed by atoms with Gasteiger partial charge in [0, 0.05) is 27.9 Å². The topological polar surface area (TPSA) is 3.24 Å². The molecule has 0 saturated heterocycles. The summed E-state index contributed by atoms with van der Waals surface area (Å²) in [6.07, 6.45) is 0. The summed E-state index contributed by atoms with van der Waals surface area (Å²) in [4.78, 5) is 2.49. The summed E-state index contributed by atoms with van der Waals surface area (Å²) in [5.41, 5.74) is 23.8. The number of nitrogens with zero attached hydrogens (tertiary/aromatic N) is 1. The number of hydrogen-bond donors (Lipinski definition) is 0. The minimum atomic E-state index is -0.460. The van der Waals surface area contributed by atoms with Crippen molar-refractivity contribution in [2.75, 3.05) is 4.90 Å². The van der Waals surface area contributed by atoms with Gasteiger partial charge in [0.2, 0.25) is 0 Å². The van der Waals surface area contributed by atoms with Crippen molar-refractivity contribution >= 4 is 17.1 Å². The van der Waals surface area contributed by atoms with Crippen LogP contribution in [0.1, 0.15) is 72.2 Å². The molecular formula is C61H47N. The van der Waals surface area contributed by atoms with Gasteiger partial charge in [-0.2, -0.15) is 0 Å². The van der Waals surface area contributed by atoms with E-state index >= 15 is 0 Å². The lowest BCUT2D eigenvalue weighted by Gasteiger charge is -2.34. The van der Waals surface area contributed by atoms with Crippen molar-refractivity contribution in [2.24, 2.45) is 0 Å². The van der Waals surface area contributed by atoms with Gasteiger partial charge in [0.1, 0.15) is 0 Å². The minimum Gasteiger partial charge on any atom is -0.310 e. The lowest BCUT2D eigenvalue weighted by atomic mass is 9.68. The predicted molar refractivity (Wildman–Crippen MR) is 259 cm³/mol. The molecule has 1 nitrogen and oxygen atoms in total. The van der Waals surface area contributed by atoms with E-state index in [1.165, 1.54) is 89.0 Å². The van der Waals surface area contributed by atoms with Crippen LogP contribution in [-0.2, 0) is 16.2 Å². The third-order valence-corrected chi connectivity index (χ3v) is 14.6. The fourth-order valence-corrected chi connectivity index (χ4v) is 11.6. The van der Waals surface area contributed by atoms with Crippen LogP contribution in [0.15, 0.2) is 212 Å². The maximum Gasteiger partial charge on any atom is 0.0713 e. The summed E-state index contributed by atoms with van der Waals surface area (Å²) in [6.45, 7) is 9.51. The van der Waals surface area contributed by atoms with Crippen LogP contribution in [0.3, 0.4) is 0 Å². The van der Waals surface area contributed by atoms with Gasteiger partial charge in [0.25, 0.3) is 0 Å². The van der Waals surface area contributed by atoms with Crippen molar-refractivity contribution < 1.29 is 0 Å². The van der Waals surface area contributed by atoms with Crippen molar-refractivity contribution in [3.05, 3.63) is 257 Å². The van der Waals surface area contributed by atoms with Crippen LogP contribution in [0, 0.1) is 0 Å². The molecule has 0 aliphatic heterocycles. The maximum atomic E-state index is 2.49. The van der Waals surface area contributed by atoms with E-state index in [4.69, 9.17) is 0 Å². The highest BCUT2D eigenvalue weighted by molar-refractivity contribution is 5.95. The monoisotopic (exact) mass is 793 g/mol. The minimum absolute atomic E-state index is 0.131. The smallest absolute Gasteiger partial charge is 0.0713 e. The Morgan fingerprint density at radius 1 is 0.290 bits per heavy atom. The Kier molecular flexibility index (Phi) is 7.91. The Labute approximate surface area is 365 Å². The third-order valence-electron chi connectivity index (χ3n) is 14.6. The summed E-state index contributed by atoms with van der Waals surface area (Å²) < 4.78 is 0. The molecule has 9 aromatic carbocycles. The molecule has 0 radical (unpaired) electrons. The van der Waals surface area contributed by atoms with Gasteiger partial charge >= 0.3 is 0 Å². The molecule has 12 rings (SSSR count). The van der Waals surface area contributed by atoms with E-state index in [0.717, 1.165) is 17.1 Å². The van der Waals surface area contributed by atoms with Gasteiger partial charge in [-0.15, -0.1) is 0 Å². The Balaban J connectivity index is 1.07. The van der Waals surface area contributed by atoms with Gasteiger partial charge in [-0.25, -0.2) is 0 Å². The molecule has 62 heavy (non-hydrogen) atoms. The van der Waals surface area contributed by atoms with E-state index in [0.29, 0.717) is 0 Å². The molecule has 0 bridgehead atoms. The van der Waals surface area contributed by atoms with Crippen molar-refractivity contribution in [3.63, 3.8) is 0 Å². The standard InChI is InChI=1S/C61H47N/c1-59(2)53-37-35-44(38-51(53)58-46(25-17-29-56(58)59)40-18-7-5-8-19-40)62(45-34-36-50-47-22-11-14-26-52(47)60(3,4)57(50)39-45)43-32-30-42(31-33-43)61(41-20-9-6-10-21-41)54-27-15-12-23-48(54)49-24-13-16-28-55(49)61/h5-39H,1-4H3. The molecule has 0 aromatic heterocycles. The summed E-state index contributed by atoms with van der Waals surface area (Å²) in [7, 11) is 0. The van der Waals surface area contributed by atoms with E-state index in [1.54, 1.807) is 0 Å². The largest absolute Gasteiger partial charge is 0.310 e. The van der Waals surface area contributed by atoms with Gasteiger partial charge in [-0.05, 0) is 125 Å². The van der Waals surface area contributed by atoms with Crippen LogP contribution in [-0.4, -0.2) is 0 Å². The molecule has 0 amide bonds. The fourth-order valence-electron chi connectivity index (χ4n) is 11.6. The molecule has 9 aromatic rings. The highest BCUT2D eigenvalue weighted by Crippen LogP contribution is 2.58. The zero-order chi connectivity index (χ0) is 41.8. The van der Waals surface area contributed by atoms with Crippen molar-refractivity contribution in [1.82, 2.24) is 0 Å². The highest BCUT2D eigenvalue weighted by atomic mass is 15.1. The maximum absolute atomic E-state index is 2.49. The predicted octanol–water partition coefficient (Wildman–Crippen LogP) is 15.8. The van der Waals surface area contributed by atoms with Crippen molar-refractivity contribution in [2.45, 2.75) is 43.9 Å². The lowest BCUT2D eigenvalue weighted by molar-refractivity contribution is 0.660. The molecule has 3 aliphatic rings. The normalized spacial score (nSPS) is 15.2. The van der Waals surface area contributed by atoms with Crippen LogP contribution < -0.4 is 4.90 Å². The molecule has 296 valence electrons. The first-order valence-corrected chi connectivity index (χ1v) is 22.0. The van der Waals surface area contributed by atoms with Crippen LogP contribution in [0.4, 0.5) is 17.1 Å². The third kappa shape index (κ3) is 5.03. The van der Waals surface area contributed by atoms with E-state index in [1.807, 2.05) is 0 Å². The number of hydrogen-bond acceptors (Lipinski definition) is 1. The van der Waals surface area contributed by atoms with Crippen LogP contribution >= 0.6 is 0 Å². The summed E-state index contributed by atoms with van der Waals surface area (Å²) in [5.74, 6) is 0. The Morgan fingerprint density at radius 3 is 1.42 bits per heavy atom. The van der Waals surface area contributed by atoms with Gasteiger partial charge in [0.15, 0.2) is 0 Å². The molecule has 0 spiro atoms. The first-order valence-electron chi connectivity index (χ1n) is 22.0. The van der Waals surface area contributed by atoms with Gasteiger partial charge in [-0.3, -0.25) is 0 Å². The molecule has 0 saturated carbocycles.